The summed E-state index contributed by atoms with van der Waals surface area (Å²) < 4.78 is 22.8. The molecule has 0 aromatic carbocycles. The van der Waals surface area contributed by atoms with E-state index >= 15 is 0 Å². The van der Waals surface area contributed by atoms with E-state index in [0.717, 1.165) is 16.6 Å². The maximum atomic E-state index is 11.4. The minimum Gasteiger partial charge on any atom is -0.366 e. The molecule has 116 valence electrons. The van der Waals surface area contributed by atoms with Crippen LogP contribution in [-0.2, 0) is 16.3 Å². The van der Waals surface area contributed by atoms with Gasteiger partial charge in [-0.2, -0.15) is 4.98 Å². The van der Waals surface area contributed by atoms with Crippen molar-refractivity contribution in [2.24, 2.45) is 0 Å². The van der Waals surface area contributed by atoms with Crippen LogP contribution < -0.4 is 10.6 Å². The van der Waals surface area contributed by atoms with Gasteiger partial charge in [0.2, 0.25) is 5.95 Å². The second-order valence-electron chi connectivity index (χ2n) is 5.07. The van der Waals surface area contributed by atoms with Gasteiger partial charge in [-0.15, -0.1) is 11.3 Å². The quantitative estimate of drug-likeness (QED) is 0.845. The first kappa shape index (κ1) is 16.0. The summed E-state index contributed by atoms with van der Waals surface area (Å²) in [5, 5.41) is 7.07. The maximum Gasteiger partial charge on any atom is 0.225 e. The Labute approximate surface area is 128 Å². The summed E-state index contributed by atoms with van der Waals surface area (Å²) in [5.41, 5.74) is 0. The molecule has 0 saturated heterocycles. The predicted octanol–water partition coefficient (Wildman–Crippen LogP) is 2.14. The molecule has 0 aliphatic rings. The maximum absolute atomic E-state index is 11.4. The van der Waals surface area contributed by atoms with E-state index in [2.05, 4.69) is 33.6 Å². The zero-order valence-electron chi connectivity index (χ0n) is 12.6. The first-order valence-corrected chi connectivity index (χ1v) is 9.62. The zero-order chi connectivity index (χ0) is 15.6. The Bertz CT molecular complexity index is 740. The van der Waals surface area contributed by atoms with Crippen molar-refractivity contribution in [2.45, 2.75) is 26.3 Å². The van der Waals surface area contributed by atoms with Crippen LogP contribution in [0.25, 0.3) is 10.2 Å². The second kappa shape index (κ2) is 6.15. The lowest BCUT2D eigenvalue weighted by Crippen LogP contribution is -2.25. The average Bonchev–Trinajstić information content (AvgIpc) is 2.79. The summed E-state index contributed by atoms with van der Waals surface area (Å²) in [4.78, 5) is 11.0. The fourth-order valence-electron chi connectivity index (χ4n) is 2.10. The summed E-state index contributed by atoms with van der Waals surface area (Å²) in [7, 11) is -1.27. The third kappa shape index (κ3) is 4.04. The lowest BCUT2D eigenvalue weighted by Gasteiger charge is -2.14. The van der Waals surface area contributed by atoms with Gasteiger partial charge in [-0.3, -0.25) is 0 Å². The van der Waals surface area contributed by atoms with Gasteiger partial charge in [0.15, 0.2) is 0 Å². The van der Waals surface area contributed by atoms with Crippen molar-refractivity contribution in [1.82, 2.24) is 9.97 Å². The van der Waals surface area contributed by atoms with E-state index in [1.54, 1.807) is 18.4 Å². The van der Waals surface area contributed by atoms with Crippen molar-refractivity contribution in [1.29, 1.82) is 0 Å². The van der Waals surface area contributed by atoms with E-state index in [0.29, 0.717) is 11.8 Å². The van der Waals surface area contributed by atoms with Crippen LogP contribution >= 0.6 is 11.3 Å². The molecule has 21 heavy (non-hydrogen) atoms. The molecule has 0 radical (unpaired) electrons. The molecule has 0 spiro atoms. The van der Waals surface area contributed by atoms with Crippen molar-refractivity contribution >= 4 is 43.2 Å². The molecule has 0 aliphatic heterocycles. The third-order valence-electron chi connectivity index (χ3n) is 2.95. The molecular formula is C13H20N4O2S2. The Morgan fingerprint density at radius 2 is 2.10 bits per heavy atom. The third-order valence-corrected chi connectivity index (χ3v) is 5.23. The summed E-state index contributed by atoms with van der Waals surface area (Å²) >= 11 is 1.63. The molecule has 2 aromatic heterocycles. The van der Waals surface area contributed by atoms with Crippen LogP contribution in [0.1, 0.15) is 18.7 Å². The summed E-state index contributed by atoms with van der Waals surface area (Å²) in [6.07, 6.45) is 2.17. The first-order chi connectivity index (χ1) is 9.82. The fourth-order valence-corrected chi connectivity index (χ4v) is 4.06. The normalized spacial score (nSPS) is 13.3. The van der Waals surface area contributed by atoms with Gasteiger partial charge < -0.3 is 10.6 Å². The summed E-state index contributed by atoms with van der Waals surface area (Å²) in [5.74, 6) is 1.27. The van der Waals surface area contributed by atoms with E-state index in [1.807, 2.05) is 6.92 Å². The lowest BCUT2D eigenvalue weighted by atomic mass is 10.3. The molecule has 2 rings (SSSR count). The molecule has 0 amide bonds. The topological polar surface area (TPSA) is 84.0 Å². The van der Waals surface area contributed by atoms with Gasteiger partial charge in [0.05, 0.1) is 11.1 Å². The van der Waals surface area contributed by atoms with Crippen LogP contribution in [0.2, 0.25) is 0 Å². The second-order valence-corrected chi connectivity index (χ2v) is 8.37. The molecule has 1 atom stereocenters. The van der Waals surface area contributed by atoms with Gasteiger partial charge in [0.25, 0.3) is 0 Å². The van der Waals surface area contributed by atoms with E-state index < -0.39 is 9.84 Å². The number of fused-ring (bicyclic) bond motifs is 1. The van der Waals surface area contributed by atoms with E-state index in [4.69, 9.17) is 0 Å². The van der Waals surface area contributed by atoms with Crippen LogP contribution in [0, 0.1) is 0 Å². The van der Waals surface area contributed by atoms with Crippen LogP contribution in [0.4, 0.5) is 11.8 Å². The molecule has 2 aromatic rings. The number of rotatable bonds is 6. The van der Waals surface area contributed by atoms with Crippen LogP contribution in [0.5, 0.6) is 0 Å². The standard InChI is InChI=1S/C13H20N4O2S2/c1-5-9-6-10-11(15-8(2)7-21(4,18)19)16-13(14-3)17-12(10)20-9/h6,8H,5,7H2,1-4H3,(H2,14,15,16,17). The van der Waals surface area contributed by atoms with E-state index in [9.17, 15) is 8.42 Å². The molecule has 8 heteroatoms. The summed E-state index contributed by atoms with van der Waals surface area (Å²) in [6, 6.07) is 1.85. The van der Waals surface area contributed by atoms with Gasteiger partial charge in [-0.05, 0) is 19.4 Å². The number of nitrogens with one attached hydrogen (secondary N) is 2. The fraction of sp³-hybridized carbons (Fsp3) is 0.538. The van der Waals surface area contributed by atoms with Gasteiger partial charge in [0, 0.05) is 24.2 Å². The Morgan fingerprint density at radius 3 is 2.67 bits per heavy atom. The molecule has 0 bridgehead atoms. The van der Waals surface area contributed by atoms with E-state index in [-0.39, 0.29) is 11.8 Å². The van der Waals surface area contributed by atoms with Crippen molar-refractivity contribution in [3.05, 3.63) is 10.9 Å². The zero-order valence-corrected chi connectivity index (χ0v) is 14.2. The first-order valence-electron chi connectivity index (χ1n) is 6.75. The number of hydrogen-bond donors (Lipinski definition) is 2. The molecule has 6 nitrogen and oxygen atoms in total. The highest BCUT2D eigenvalue weighted by atomic mass is 32.2. The van der Waals surface area contributed by atoms with Crippen molar-refractivity contribution < 1.29 is 8.42 Å². The predicted molar refractivity (Wildman–Crippen MR) is 89.1 cm³/mol. The monoisotopic (exact) mass is 328 g/mol. The lowest BCUT2D eigenvalue weighted by molar-refractivity contribution is 0.598. The van der Waals surface area contributed by atoms with Crippen LogP contribution in [0.3, 0.4) is 0 Å². The molecule has 2 heterocycles. The molecule has 0 fully saturated rings. The number of hydrogen-bond acceptors (Lipinski definition) is 7. The Balaban J connectivity index is 2.39. The number of aryl methyl sites for hydroxylation is 1. The molecule has 0 aliphatic carbocycles. The largest absolute Gasteiger partial charge is 0.366 e. The Kier molecular flexibility index (Phi) is 4.67. The van der Waals surface area contributed by atoms with Crippen LogP contribution in [-0.4, -0.2) is 43.5 Å². The smallest absolute Gasteiger partial charge is 0.225 e. The van der Waals surface area contributed by atoms with E-state index in [1.165, 1.54) is 11.1 Å². The number of aromatic nitrogens is 2. The average molecular weight is 328 g/mol. The number of anilines is 2. The minimum atomic E-state index is -3.03. The minimum absolute atomic E-state index is 0.0676. The van der Waals surface area contributed by atoms with Crippen LogP contribution in [0.15, 0.2) is 6.07 Å². The van der Waals surface area contributed by atoms with Gasteiger partial charge >= 0.3 is 0 Å². The highest BCUT2D eigenvalue weighted by molar-refractivity contribution is 7.90. The van der Waals surface area contributed by atoms with Gasteiger partial charge in [0.1, 0.15) is 20.5 Å². The Hall–Kier alpha value is -1.41. The number of thiophene rings is 1. The Morgan fingerprint density at radius 1 is 1.38 bits per heavy atom. The molecule has 2 N–H and O–H groups in total. The highest BCUT2D eigenvalue weighted by Gasteiger charge is 2.15. The van der Waals surface area contributed by atoms with Crippen molar-refractivity contribution in [3.8, 4) is 0 Å². The van der Waals surface area contributed by atoms with Crippen molar-refractivity contribution in [3.63, 3.8) is 0 Å². The SMILES string of the molecule is CCc1cc2c(NC(C)CS(C)(=O)=O)nc(NC)nc2s1. The molecule has 0 saturated carbocycles. The molecule has 1 unspecified atom stereocenters. The highest BCUT2D eigenvalue weighted by Crippen LogP contribution is 2.30. The molecular weight excluding hydrogens is 308 g/mol. The van der Waals surface area contributed by atoms with Gasteiger partial charge in [-0.25, -0.2) is 13.4 Å². The number of nitrogens with zero attached hydrogens (tertiary/aromatic N) is 2. The van der Waals surface area contributed by atoms with Crippen molar-refractivity contribution in [2.75, 3.05) is 29.7 Å². The summed E-state index contributed by atoms with van der Waals surface area (Å²) in [6.45, 7) is 3.93. The number of sulfone groups is 1. The van der Waals surface area contributed by atoms with Gasteiger partial charge in [-0.1, -0.05) is 6.92 Å².